The molecule has 0 atom stereocenters. The average molecular weight is 291 g/mol. The fourth-order valence-corrected chi connectivity index (χ4v) is 2.07. The van der Waals surface area contributed by atoms with Crippen LogP contribution in [0.2, 0.25) is 0 Å². The molecule has 0 unspecified atom stereocenters. The van der Waals surface area contributed by atoms with Crippen LogP contribution in [0.15, 0.2) is 17.0 Å². The summed E-state index contributed by atoms with van der Waals surface area (Å²) < 4.78 is 41.5. The standard InChI is InChI=1S/C11H8F3NO3S/c1-18-10(17)9-7(4-15)6(5-16)2-3-8(9)19-11(12,13)14/h2-3,16H,5H2,1H3. The van der Waals surface area contributed by atoms with Gasteiger partial charge in [0.2, 0.25) is 0 Å². The van der Waals surface area contributed by atoms with Crippen LogP contribution in [0.25, 0.3) is 0 Å². The molecule has 0 aliphatic heterocycles. The van der Waals surface area contributed by atoms with Crippen LogP contribution in [0, 0.1) is 11.3 Å². The van der Waals surface area contributed by atoms with Crippen molar-refractivity contribution in [3.05, 3.63) is 28.8 Å². The zero-order valence-electron chi connectivity index (χ0n) is 9.61. The van der Waals surface area contributed by atoms with E-state index in [1.165, 1.54) is 6.07 Å². The number of aliphatic hydroxyl groups is 1. The Morgan fingerprint density at radius 2 is 2.16 bits per heavy atom. The summed E-state index contributed by atoms with van der Waals surface area (Å²) in [4.78, 5) is 11.1. The normalized spacial score (nSPS) is 10.9. The van der Waals surface area contributed by atoms with Gasteiger partial charge in [-0.2, -0.15) is 18.4 Å². The van der Waals surface area contributed by atoms with Crippen LogP contribution < -0.4 is 0 Å². The van der Waals surface area contributed by atoms with Crippen molar-refractivity contribution in [1.82, 2.24) is 0 Å². The van der Waals surface area contributed by atoms with Crippen molar-refractivity contribution in [1.29, 1.82) is 5.26 Å². The fourth-order valence-electron chi connectivity index (χ4n) is 1.40. The van der Waals surface area contributed by atoms with Crippen LogP contribution in [0.4, 0.5) is 13.2 Å². The summed E-state index contributed by atoms with van der Waals surface area (Å²) in [5, 5.41) is 18.0. The Bertz CT molecular complexity index is 537. The summed E-state index contributed by atoms with van der Waals surface area (Å²) in [5.41, 5.74) is -5.34. The van der Waals surface area contributed by atoms with Gasteiger partial charge in [-0.15, -0.1) is 0 Å². The summed E-state index contributed by atoms with van der Waals surface area (Å²) >= 11 is -0.514. The minimum atomic E-state index is -4.60. The number of thioether (sulfide) groups is 1. The molecule has 8 heteroatoms. The molecule has 1 N–H and O–H groups in total. The van der Waals surface area contributed by atoms with Gasteiger partial charge in [0.05, 0.1) is 24.8 Å². The van der Waals surface area contributed by atoms with Gasteiger partial charge in [0.15, 0.2) is 0 Å². The number of esters is 1. The molecule has 1 rings (SSSR count). The molecule has 1 aromatic carbocycles. The predicted octanol–water partition coefficient (Wildman–Crippen LogP) is 2.45. The molecule has 19 heavy (non-hydrogen) atoms. The topological polar surface area (TPSA) is 70.3 Å². The Labute approximate surface area is 110 Å². The van der Waals surface area contributed by atoms with Crippen molar-refractivity contribution < 1.29 is 27.8 Å². The van der Waals surface area contributed by atoms with Gasteiger partial charge in [-0.05, 0) is 23.4 Å². The first-order valence-corrected chi connectivity index (χ1v) is 5.66. The number of aliphatic hydroxyl groups excluding tert-OH is 1. The van der Waals surface area contributed by atoms with Crippen molar-refractivity contribution in [3.63, 3.8) is 0 Å². The van der Waals surface area contributed by atoms with Gasteiger partial charge in [0.1, 0.15) is 6.07 Å². The van der Waals surface area contributed by atoms with E-state index in [1.807, 2.05) is 0 Å². The minimum Gasteiger partial charge on any atom is -0.465 e. The van der Waals surface area contributed by atoms with E-state index in [9.17, 15) is 18.0 Å². The third-order valence-corrected chi connectivity index (χ3v) is 2.94. The molecule has 0 saturated heterocycles. The maximum Gasteiger partial charge on any atom is 0.446 e. The van der Waals surface area contributed by atoms with E-state index >= 15 is 0 Å². The Morgan fingerprint density at radius 3 is 2.58 bits per heavy atom. The lowest BCUT2D eigenvalue weighted by atomic mass is 10.0. The highest BCUT2D eigenvalue weighted by atomic mass is 32.2. The van der Waals surface area contributed by atoms with E-state index in [-0.39, 0.29) is 11.1 Å². The molecule has 0 spiro atoms. The molecule has 0 aromatic heterocycles. The summed E-state index contributed by atoms with van der Waals surface area (Å²) in [5.74, 6) is -1.06. The van der Waals surface area contributed by atoms with Crippen molar-refractivity contribution in [2.45, 2.75) is 17.0 Å². The van der Waals surface area contributed by atoms with Crippen LogP contribution in [0.1, 0.15) is 21.5 Å². The molecular formula is C11H8F3NO3S. The van der Waals surface area contributed by atoms with Crippen molar-refractivity contribution >= 4 is 17.7 Å². The first-order chi connectivity index (χ1) is 8.84. The third-order valence-electron chi connectivity index (χ3n) is 2.15. The van der Waals surface area contributed by atoms with Gasteiger partial charge < -0.3 is 9.84 Å². The number of nitriles is 1. The lowest BCUT2D eigenvalue weighted by Gasteiger charge is -2.13. The highest BCUT2D eigenvalue weighted by Gasteiger charge is 2.33. The SMILES string of the molecule is COC(=O)c1c(SC(F)(F)F)ccc(CO)c1C#N. The van der Waals surface area contributed by atoms with Crippen molar-refractivity contribution in [2.75, 3.05) is 7.11 Å². The second kappa shape index (κ2) is 5.95. The highest BCUT2D eigenvalue weighted by molar-refractivity contribution is 8.00. The molecular weight excluding hydrogens is 283 g/mol. The number of carbonyl (C=O) groups excluding carboxylic acids is 1. The molecule has 0 radical (unpaired) electrons. The molecule has 102 valence electrons. The number of nitrogens with zero attached hydrogens (tertiary/aromatic N) is 1. The Hall–Kier alpha value is -1.72. The van der Waals surface area contributed by atoms with Gasteiger partial charge in [-0.1, -0.05) is 6.07 Å². The van der Waals surface area contributed by atoms with Gasteiger partial charge in [0.25, 0.3) is 0 Å². The van der Waals surface area contributed by atoms with Crippen molar-refractivity contribution in [3.8, 4) is 6.07 Å². The molecule has 4 nitrogen and oxygen atoms in total. The van der Waals surface area contributed by atoms with E-state index in [0.29, 0.717) is 0 Å². The first kappa shape index (κ1) is 15.3. The highest BCUT2D eigenvalue weighted by Crippen LogP contribution is 2.40. The predicted molar refractivity (Wildman–Crippen MR) is 60.3 cm³/mol. The third kappa shape index (κ3) is 3.62. The monoisotopic (exact) mass is 291 g/mol. The van der Waals surface area contributed by atoms with Gasteiger partial charge in [-0.25, -0.2) is 4.79 Å². The zero-order valence-corrected chi connectivity index (χ0v) is 10.4. The summed E-state index contributed by atoms with van der Waals surface area (Å²) in [6.07, 6.45) is 0. The molecule has 0 bridgehead atoms. The Balaban J connectivity index is 3.48. The number of methoxy groups -OCH3 is 1. The summed E-state index contributed by atoms with van der Waals surface area (Å²) in [6.45, 7) is -0.566. The largest absolute Gasteiger partial charge is 0.465 e. The lowest BCUT2D eigenvalue weighted by Crippen LogP contribution is -2.11. The molecule has 0 fully saturated rings. The maximum absolute atomic E-state index is 12.4. The number of alkyl halides is 3. The smallest absolute Gasteiger partial charge is 0.446 e. The van der Waals surface area contributed by atoms with E-state index in [1.54, 1.807) is 6.07 Å². The second-order valence-corrected chi connectivity index (χ2v) is 4.39. The molecule has 0 saturated carbocycles. The molecule has 1 aromatic rings. The van der Waals surface area contributed by atoms with Gasteiger partial charge >= 0.3 is 11.5 Å². The van der Waals surface area contributed by atoms with Crippen LogP contribution in [0.3, 0.4) is 0 Å². The fraction of sp³-hybridized carbons (Fsp3) is 0.273. The van der Waals surface area contributed by atoms with Crippen LogP contribution >= 0.6 is 11.8 Å². The maximum atomic E-state index is 12.4. The molecule has 0 aliphatic rings. The van der Waals surface area contributed by atoms with E-state index in [2.05, 4.69) is 4.74 Å². The minimum absolute atomic E-state index is 0.0643. The summed E-state index contributed by atoms with van der Waals surface area (Å²) in [6, 6.07) is 3.81. The van der Waals surface area contributed by atoms with E-state index in [4.69, 9.17) is 10.4 Å². The Morgan fingerprint density at radius 1 is 1.53 bits per heavy atom. The van der Waals surface area contributed by atoms with Gasteiger partial charge in [-0.3, -0.25) is 0 Å². The number of rotatable bonds is 3. The quantitative estimate of drug-likeness (QED) is 0.684. The Kier molecular flexibility index (Phi) is 4.80. The first-order valence-electron chi connectivity index (χ1n) is 4.85. The number of benzene rings is 1. The van der Waals surface area contributed by atoms with Crippen molar-refractivity contribution in [2.24, 2.45) is 0 Å². The number of hydrogen-bond donors (Lipinski definition) is 1. The zero-order chi connectivity index (χ0) is 14.6. The van der Waals surface area contributed by atoms with E-state index in [0.717, 1.165) is 13.2 Å². The average Bonchev–Trinajstić information content (AvgIpc) is 2.35. The van der Waals surface area contributed by atoms with Crippen LogP contribution in [-0.4, -0.2) is 23.7 Å². The van der Waals surface area contributed by atoms with Crippen LogP contribution in [-0.2, 0) is 11.3 Å². The molecule has 0 amide bonds. The number of hydrogen-bond acceptors (Lipinski definition) is 5. The molecule has 0 heterocycles. The number of ether oxygens (including phenoxy) is 1. The van der Waals surface area contributed by atoms with E-state index < -0.39 is 40.3 Å². The summed E-state index contributed by atoms with van der Waals surface area (Å²) in [7, 11) is 0.997. The number of halogens is 3. The number of carbonyl (C=O) groups is 1. The van der Waals surface area contributed by atoms with Gasteiger partial charge in [0, 0.05) is 4.90 Å². The van der Waals surface area contributed by atoms with Crippen LogP contribution in [0.5, 0.6) is 0 Å². The second-order valence-electron chi connectivity index (χ2n) is 3.28. The lowest BCUT2D eigenvalue weighted by molar-refractivity contribution is -0.0328. The molecule has 0 aliphatic carbocycles.